The Bertz CT molecular complexity index is 1480. The van der Waals surface area contributed by atoms with Crippen molar-refractivity contribution in [3.63, 3.8) is 0 Å². The van der Waals surface area contributed by atoms with Crippen LogP contribution in [0.1, 0.15) is 60.5 Å². The van der Waals surface area contributed by atoms with E-state index in [0.29, 0.717) is 41.9 Å². The molecule has 0 unspecified atom stereocenters. The maximum Gasteiger partial charge on any atom is 0.337 e. The minimum atomic E-state index is -1.45. The molecule has 3 aromatic rings. The predicted octanol–water partition coefficient (Wildman–Crippen LogP) is 3.50. The van der Waals surface area contributed by atoms with Crippen molar-refractivity contribution in [3.05, 3.63) is 75.3 Å². The summed E-state index contributed by atoms with van der Waals surface area (Å²) in [5.41, 5.74) is 2.09. The molecule has 0 fully saturated rings. The third-order valence-electron chi connectivity index (χ3n) is 6.66. The topological polar surface area (TPSA) is 125 Å². The first-order valence-corrected chi connectivity index (χ1v) is 12.2. The number of aromatic carboxylic acids is 1. The van der Waals surface area contributed by atoms with Crippen LogP contribution in [-0.2, 0) is 11.8 Å². The Kier molecular flexibility index (Phi) is 6.92. The number of aryl methyl sites for hydroxylation is 1. The number of aliphatic hydroxyl groups is 1. The molecule has 0 bridgehead atoms. The fraction of sp³-hybridized carbons (Fsp3) is 0.357. The molecule has 2 heterocycles. The van der Waals surface area contributed by atoms with Crippen LogP contribution in [0.2, 0.25) is 0 Å². The Morgan fingerprint density at radius 3 is 2.51 bits per heavy atom. The van der Waals surface area contributed by atoms with Crippen molar-refractivity contribution in [2.45, 2.75) is 45.8 Å². The minimum absolute atomic E-state index is 0.161. The van der Waals surface area contributed by atoms with Gasteiger partial charge in [-0.3, -0.25) is 14.2 Å². The highest BCUT2D eigenvalue weighted by Gasteiger charge is 2.31. The second-order valence-corrected chi connectivity index (χ2v) is 10.1. The first kappa shape index (κ1) is 26.1. The lowest BCUT2D eigenvalue weighted by atomic mass is 9.99. The number of aromatic nitrogens is 2. The van der Waals surface area contributed by atoms with Gasteiger partial charge in [0.05, 0.1) is 22.5 Å². The van der Waals surface area contributed by atoms with Gasteiger partial charge >= 0.3 is 5.97 Å². The molecule has 1 aliphatic heterocycles. The molecular weight excluding hydrogens is 472 g/mol. The largest absolute Gasteiger partial charge is 0.478 e. The minimum Gasteiger partial charge on any atom is -0.478 e. The number of carbonyl (C=O) groups excluding carboxylic acids is 1. The van der Waals surface area contributed by atoms with Crippen molar-refractivity contribution < 1.29 is 19.8 Å². The van der Waals surface area contributed by atoms with Gasteiger partial charge in [-0.25, -0.2) is 9.78 Å². The van der Waals surface area contributed by atoms with Crippen molar-refractivity contribution >= 4 is 34.0 Å². The van der Waals surface area contributed by atoms with E-state index >= 15 is 0 Å². The Morgan fingerprint density at radius 1 is 1.19 bits per heavy atom. The number of benzene rings is 2. The van der Waals surface area contributed by atoms with Gasteiger partial charge in [0, 0.05) is 31.4 Å². The monoisotopic (exact) mass is 504 g/mol. The number of carboxylic acid groups (broad SMARTS) is 1. The van der Waals surface area contributed by atoms with E-state index in [-0.39, 0.29) is 23.1 Å². The van der Waals surface area contributed by atoms with Crippen molar-refractivity contribution in [2.24, 2.45) is 7.05 Å². The molecule has 3 N–H and O–H groups in total. The summed E-state index contributed by atoms with van der Waals surface area (Å²) in [6.07, 6.45) is 2.37. The average Bonchev–Trinajstić information content (AvgIpc) is 2.85. The number of para-hydroxylation sites is 1. The number of nitrogens with one attached hydrogen (secondary N) is 1. The molecule has 1 aliphatic rings. The molecule has 0 spiro atoms. The van der Waals surface area contributed by atoms with Gasteiger partial charge in [-0.05, 0) is 63.5 Å². The van der Waals surface area contributed by atoms with Crippen molar-refractivity contribution in [2.75, 3.05) is 18.4 Å². The number of hydrogen-bond acceptors (Lipinski definition) is 6. The predicted molar refractivity (Wildman–Crippen MR) is 143 cm³/mol. The van der Waals surface area contributed by atoms with E-state index in [1.165, 1.54) is 18.4 Å². The quantitative estimate of drug-likeness (QED) is 0.469. The molecule has 0 aliphatic carbocycles. The molecule has 2 aromatic carbocycles. The van der Waals surface area contributed by atoms with Gasteiger partial charge in [0.2, 0.25) is 0 Å². The average molecular weight is 505 g/mol. The van der Waals surface area contributed by atoms with E-state index < -0.39 is 11.6 Å². The van der Waals surface area contributed by atoms with Crippen molar-refractivity contribution in [1.82, 2.24) is 14.5 Å². The zero-order chi connectivity index (χ0) is 27.1. The second kappa shape index (κ2) is 9.82. The zero-order valence-electron chi connectivity index (χ0n) is 21.7. The summed E-state index contributed by atoms with van der Waals surface area (Å²) in [5.74, 6) is -0.849. The first-order valence-electron chi connectivity index (χ1n) is 12.2. The lowest BCUT2D eigenvalue weighted by Crippen LogP contribution is -2.46. The highest BCUT2D eigenvalue weighted by atomic mass is 16.4. The van der Waals surface area contributed by atoms with E-state index in [1.807, 2.05) is 32.1 Å². The normalized spacial score (nSPS) is 14.9. The standard InChI is InChI=1S/C28H32N4O5/c1-16-14-20(17(2)29-22-9-7-6-8-19(22)26(34)35)23-21(15-16)25(33)31(5)24(30-23)18-10-12-32(13-11-18)27(36)28(3,4)37/h6-10,14-15,17,29,37H,11-13H2,1-5H3,(H,34,35)/t17-/m1/s1. The Balaban J connectivity index is 1.76. The fourth-order valence-electron chi connectivity index (χ4n) is 4.72. The molecule has 0 radical (unpaired) electrons. The number of rotatable bonds is 6. The van der Waals surface area contributed by atoms with Crippen LogP contribution in [0.4, 0.5) is 5.69 Å². The maximum atomic E-state index is 13.4. The SMILES string of the molecule is Cc1cc([C@@H](C)Nc2ccccc2C(=O)O)c2nc(C3=CCN(C(=O)C(C)(C)O)CC3)n(C)c(=O)c2c1. The lowest BCUT2D eigenvalue weighted by Gasteiger charge is -2.31. The lowest BCUT2D eigenvalue weighted by molar-refractivity contribution is -0.147. The van der Waals surface area contributed by atoms with E-state index in [2.05, 4.69) is 5.32 Å². The van der Waals surface area contributed by atoms with E-state index in [9.17, 15) is 24.6 Å². The van der Waals surface area contributed by atoms with Crippen LogP contribution in [0, 0.1) is 6.92 Å². The molecule has 9 nitrogen and oxygen atoms in total. The molecule has 194 valence electrons. The smallest absolute Gasteiger partial charge is 0.337 e. The van der Waals surface area contributed by atoms with Crippen molar-refractivity contribution in [1.29, 1.82) is 0 Å². The molecular formula is C28H32N4O5. The van der Waals surface area contributed by atoms with E-state index in [0.717, 1.165) is 16.7 Å². The van der Waals surface area contributed by atoms with Gasteiger partial charge in [-0.15, -0.1) is 0 Å². The molecule has 0 saturated carbocycles. The molecule has 4 rings (SSSR count). The van der Waals surface area contributed by atoms with Crippen LogP contribution in [0.3, 0.4) is 0 Å². The molecule has 1 amide bonds. The van der Waals surface area contributed by atoms with Gasteiger partial charge in [0.1, 0.15) is 11.4 Å². The van der Waals surface area contributed by atoms with E-state index in [1.54, 1.807) is 36.2 Å². The van der Waals surface area contributed by atoms with Gasteiger partial charge in [-0.1, -0.05) is 24.3 Å². The van der Waals surface area contributed by atoms with Gasteiger partial charge in [0.25, 0.3) is 11.5 Å². The first-order chi connectivity index (χ1) is 17.4. The van der Waals surface area contributed by atoms with Gasteiger partial charge < -0.3 is 20.4 Å². The fourth-order valence-corrected chi connectivity index (χ4v) is 4.72. The van der Waals surface area contributed by atoms with Crippen LogP contribution in [-0.4, -0.2) is 55.2 Å². The number of carbonyl (C=O) groups is 2. The molecule has 1 atom stereocenters. The number of nitrogens with zero attached hydrogens (tertiary/aromatic N) is 3. The summed E-state index contributed by atoms with van der Waals surface area (Å²) in [5, 5.41) is 23.4. The Morgan fingerprint density at radius 2 is 1.89 bits per heavy atom. The number of hydrogen-bond donors (Lipinski definition) is 3. The van der Waals surface area contributed by atoms with Crippen LogP contribution in [0.25, 0.3) is 16.5 Å². The van der Waals surface area contributed by atoms with Crippen LogP contribution in [0.15, 0.2) is 47.3 Å². The number of amides is 1. The number of fused-ring (bicyclic) bond motifs is 1. The summed E-state index contributed by atoms with van der Waals surface area (Å²) in [6.45, 7) is 7.48. The summed E-state index contributed by atoms with van der Waals surface area (Å²) in [6, 6.07) is 10.1. The summed E-state index contributed by atoms with van der Waals surface area (Å²) in [7, 11) is 1.69. The van der Waals surface area contributed by atoms with Gasteiger partial charge in [-0.2, -0.15) is 0 Å². The molecule has 37 heavy (non-hydrogen) atoms. The van der Waals surface area contributed by atoms with Crippen LogP contribution >= 0.6 is 0 Å². The second-order valence-electron chi connectivity index (χ2n) is 10.1. The summed E-state index contributed by atoms with van der Waals surface area (Å²) >= 11 is 0. The highest BCUT2D eigenvalue weighted by Crippen LogP contribution is 2.29. The van der Waals surface area contributed by atoms with Crippen molar-refractivity contribution in [3.8, 4) is 0 Å². The van der Waals surface area contributed by atoms with Crippen LogP contribution < -0.4 is 10.9 Å². The number of anilines is 1. The number of carboxylic acids is 1. The van der Waals surface area contributed by atoms with Crippen LogP contribution in [0.5, 0.6) is 0 Å². The Labute approximate surface area is 215 Å². The zero-order valence-corrected chi connectivity index (χ0v) is 21.7. The summed E-state index contributed by atoms with van der Waals surface area (Å²) in [4.78, 5) is 44.1. The highest BCUT2D eigenvalue weighted by molar-refractivity contribution is 5.94. The third kappa shape index (κ3) is 5.13. The molecule has 1 aromatic heterocycles. The van der Waals surface area contributed by atoms with E-state index in [4.69, 9.17) is 4.98 Å². The van der Waals surface area contributed by atoms with Gasteiger partial charge in [0.15, 0.2) is 0 Å². The molecule has 0 saturated heterocycles. The summed E-state index contributed by atoms with van der Waals surface area (Å²) < 4.78 is 1.53. The third-order valence-corrected chi connectivity index (χ3v) is 6.66. The maximum absolute atomic E-state index is 13.4. The molecule has 9 heteroatoms. The Hall–Kier alpha value is -3.98.